The van der Waals surface area contributed by atoms with Crippen LogP contribution in [0.3, 0.4) is 0 Å². The third-order valence-electron chi connectivity index (χ3n) is 5.49. The zero-order valence-corrected chi connectivity index (χ0v) is 15.4. The standard InChI is InChI=1S/C23H25F3/c1-3-17-12-13-20(23(26)22(17)25)18-9-5-16(6-10-18)7-11-19-8-4-15(2)14-21(19)24/h4,7-8,11-14,16,18H,3,5-6,9-10H2,1-2H3/b11-7+. The van der Waals surface area contributed by atoms with Crippen molar-refractivity contribution in [2.24, 2.45) is 5.92 Å². The Labute approximate surface area is 153 Å². The number of aryl methyl sites for hydroxylation is 2. The van der Waals surface area contributed by atoms with E-state index in [1.807, 2.05) is 26.0 Å². The first-order chi connectivity index (χ1) is 12.5. The Morgan fingerprint density at radius 1 is 0.962 bits per heavy atom. The highest BCUT2D eigenvalue weighted by Crippen LogP contribution is 2.38. The summed E-state index contributed by atoms with van der Waals surface area (Å²) < 4.78 is 42.3. The highest BCUT2D eigenvalue weighted by atomic mass is 19.2. The molecule has 0 N–H and O–H groups in total. The molecule has 138 valence electrons. The summed E-state index contributed by atoms with van der Waals surface area (Å²) in [6.07, 6.45) is 7.87. The summed E-state index contributed by atoms with van der Waals surface area (Å²) in [6, 6.07) is 8.69. The first-order valence-electron chi connectivity index (χ1n) is 9.40. The summed E-state index contributed by atoms with van der Waals surface area (Å²) >= 11 is 0. The number of halogens is 3. The smallest absolute Gasteiger partial charge is 0.162 e. The Balaban J connectivity index is 1.64. The quantitative estimate of drug-likeness (QED) is 0.554. The van der Waals surface area contributed by atoms with Crippen LogP contribution in [0.15, 0.2) is 36.4 Å². The highest BCUT2D eigenvalue weighted by molar-refractivity contribution is 5.51. The minimum Gasteiger partial charge on any atom is -0.206 e. The van der Waals surface area contributed by atoms with Crippen LogP contribution in [0.4, 0.5) is 13.2 Å². The monoisotopic (exact) mass is 358 g/mol. The van der Waals surface area contributed by atoms with Gasteiger partial charge in [-0.2, -0.15) is 0 Å². The molecule has 1 fully saturated rings. The molecule has 0 unspecified atom stereocenters. The molecule has 2 aromatic carbocycles. The van der Waals surface area contributed by atoms with Crippen molar-refractivity contribution in [3.8, 4) is 0 Å². The van der Waals surface area contributed by atoms with Crippen molar-refractivity contribution in [1.29, 1.82) is 0 Å². The van der Waals surface area contributed by atoms with Crippen molar-refractivity contribution < 1.29 is 13.2 Å². The zero-order chi connectivity index (χ0) is 18.7. The third-order valence-corrected chi connectivity index (χ3v) is 5.49. The van der Waals surface area contributed by atoms with Crippen molar-refractivity contribution in [1.82, 2.24) is 0 Å². The first kappa shape index (κ1) is 18.8. The Kier molecular flexibility index (Phi) is 5.85. The molecule has 26 heavy (non-hydrogen) atoms. The number of hydrogen-bond donors (Lipinski definition) is 0. The van der Waals surface area contributed by atoms with Crippen molar-refractivity contribution in [2.75, 3.05) is 0 Å². The van der Waals surface area contributed by atoms with Crippen LogP contribution in [-0.4, -0.2) is 0 Å². The average Bonchev–Trinajstić information content (AvgIpc) is 2.64. The molecule has 0 heterocycles. The molecule has 1 saturated carbocycles. The maximum Gasteiger partial charge on any atom is 0.162 e. The Morgan fingerprint density at radius 2 is 1.69 bits per heavy atom. The average molecular weight is 358 g/mol. The molecule has 1 aliphatic rings. The van der Waals surface area contributed by atoms with E-state index in [-0.39, 0.29) is 11.7 Å². The van der Waals surface area contributed by atoms with E-state index in [1.165, 1.54) is 6.07 Å². The number of hydrogen-bond acceptors (Lipinski definition) is 0. The summed E-state index contributed by atoms with van der Waals surface area (Å²) in [5.41, 5.74) is 2.44. The maximum atomic E-state index is 14.3. The summed E-state index contributed by atoms with van der Waals surface area (Å²) in [5.74, 6) is -1.15. The second-order valence-corrected chi connectivity index (χ2v) is 7.29. The number of allylic oxidation sites excluding steroid dienone is 1. The second-order valence-electron chi connectivity index (χ2n) is 7.29. The Hall–Kier alpha value is -2.03. The Bertz CT molecular complexity index is 799. The van der Waals surface area contributed by atoms with E-state index in [9.17, 15) is 13.2 Å². The van der Waals surface area contributed by atoms with Crippen LogP contribution in [0.2, 0.25) is 0 Å². The van der Waals surface area contributed by atoms with Gasteiger partial charge < -0.3 is 0 Å². The van der Waals surface area contributed by atoms with E-state index in [0.717, 1.165) is 31.2 Å². The van der Waals surface area contributed by atoms with Crippen molar-refractivity contribution >= 4 is 6.08 Å². The van der Waals surface area contributed by atoms with Crippen LogP contribution in [0.5, 0.6) is 0 Å². The van der Waals surface area contributed by atoms with Crippen LogP contribution in [-0.2, 0) is 6.42 Å². The van der Waals surface area contributed by atoms with Crippen LogP contribution in [0.25, 0.3) is 6.08 Å². The van der Waals surface area contributed by atoms with E-state index in [0.29, 0.717) is 29.0 Å². The lowest BCUT2D eigenvalue weighted by Gasteiger charge is -2.27. The number of benzene rings is 2. The van der Waals surface area contributed by atoms with Crippen LogP contribution < -0.4 is 0 Å². The van der Waals surface area contributed by atoms with E-state index >= 15 is 0 Å². The van der Waals surface area contributed by atoms with Gasteiger partial charge in [-0.25, -0.2) is 13.2 Å². The molecule has 0 atom stereocenters. The van der Waals surface area contributed by atoms with Gasteiger partial charge in [0.2, 0.25) is 0 Å². The molecule has 3 heteroatoms. The van der Waals surface area contributed by atoms with Gasteiger partial charge in [-0.15, -0.1) is 0 Å². The van der Waals surface area contributed by atoms with Gasteiger partial charge in [-0.3, -0.25) is 0 Å². The zero-order valence-electron chi connectivity index (χ0n) is 15.4. The molecule has 0 aliphatic heterocycles. The molecule has 0 saturated heterocycles. The molecular formula is C23H25F3. The molecule has 0 aromatic heterocycles. The van der Waals surface area contributed by atoms with E-state index < -0.39 is 11.6 Å². The van der Waals surface area contributed by atoms with Gasteiger partial charge in [0.1, 0.15) is 5.82 Å². The second kappa shape index (κ2) is 8.11. The van der Waals surface area contributed by atoms with E-state index in [1.54, 1.807) is 18.2 Å². The summed E-state index contributed by atoms with van der Waals surface area (Å²) in [5, 5.41) is 0. The summed E-state index contributed by atoms with van der Waals surface area (Å²) in [7, 11) is 0. The molecule has 0 spiro atoms. The number of rotatable bonds is 4. The minimum absolute atomic E-state index is 0.0659. The third kappa shape index (κ3) is 4.03. The molecule has 0 bridgehead atoms. The predicted octanol–water partition coefficient (Wildman–Crippen LogP) is 6.96. The molecule has 0 radical (unpaired) electrons. The first-order valence-corrected chi connectivity index (χ1v) is 9.40. The van der Waals surface area contributed by atoms with Gasteiger partial charge in [0.25, 0.3) is 0 Å². The Morgan fingerprint density at radius 3 is 2.35 bits per heavy atom. The van der Waals surface area contributed by atoms with Gasteiger partial charge in [0.15, 0.2) is 11.6 Å². The molecule has 0 amide bonds. The normalized spacial score (nSPS) is 20.7. The predicted molar refractivity (Wildman–Crippen MR) is 101 cm³/mol. The molecular weight excluding hydrogens is 333 g/mol. The van der Waals surface area contributed by atoms with Crippen molar-refractivity contribution in [3.05, 3.63) is 76.1 Å². The van der Waals surface area contributed by atoms with Gasteiger partial charge >= 0.3 is 0 Å². The summed E-state index contributed by atoms with van der Waals surface area (Å²) in [4.78, 5) is 0. The van der Waals surface area contributed by atoms with Crippen molar-refractivity contribution in [3.63, 3.8) is 0 Å². The SMILES string of the molecule is CCc1ccc(C2CCC(/C=C/c3ccc(C)cc3F)CC2)c(F)c1F. The van der Waals surface area contributed by atoms with Gasteiger partial charge in [0, 0.05) is 5.56 Å². The fourth-order valence-corrected chi connectivity index (χ4v) is 3.82. The van der Waals surface area contributed by atoms with Crippen LogP contribution in [0, 0.1) is 30.3 Å². The van der Waals surface area contributed by atoms with E-state index in [2.05, 4.69) is 6.08 Å². The molecule has 0 nitrogen and oxygen atoms in total. The topological polar surface area (TPSA) is 0 Å². The largest absolute Gasteiger partial charge is 0.206 e. The van der Waals surface area contributed by atoms with Crippen molar-refractivity contribution in [2.45, 2.75) is 51.9 Å². The van der Waals surface area contributed by atoms with Crippen LogP contribution >= 0.6 is 0 Å². The fourth-order valence-electron chi connectivity index (χ4n) is 3.82. The lowest BCUT2D eigenvalue weighted by atomic mass is 9.78. The molecule has 1 aliphatic carbocycles. The fraction of sp³-hybridized carbons (Fsp3) is 0.391. The maximum absolute atomic E-state index is 14.3. The highest BCUT2D eigenvalue weighted by Gasteiger charge is 2.25. The van der Waals surface area contributed by atoms with Crippen LogP contribution in [0.1, 0.15) is 60.8 Å². The minimum atomic E-state index is -0.693. The molecule has 2 aromatic rings. The lowest BCUT2D eigenvalue weighted by molar-refractivity contribution is 0.364. The molecule has 3 rings (SSSR count). The van der Waals surface area contributed by atoms with E-state index in [4.69, 9.17) is 0 Å². The van der Waals surface area contributed by atoms with Gasteiger partial charge in [-0.05, 0) is 73.6 Å². The summed E-state index contributed by atoms with van der Waals surface area (Å²) in [6.45, 7) is 3.69. The van der Waals surface area contributed by atoms with Gasteiger partial charge in [-0.1, -0.05) is 43.3 Å². The van der Waals surface area contributed by atoms with Gasteiger partial charge in [0.05, 0.1) is 0 Å². The lowest BCUT2D eigenvalue weighted by Crippen LogP contribution is -2.14.